The second-order valence-corrected chi connectivity index (χ2v) is 5.95. The maximum atomic E-state index is 5.33. The van der Waals surface area contributed by atoms with Gasteiger partial charge in [0.1, 0.15) is 0 Å². The second kappa shape index (κ2) is 4.75. The molecule has 2 saturated heterocycles. The minimum absolute atomic E-state index is 0.303. The van der Waals surface area contributed by atoms with Crippen molar-refractivity contribution in [3.05, 3.63) is 11.7 Å². The molecule has 2 aliphatic rings. The Kier molecular flexibility index (Phi) is 3.15. The van der Waals surface area contributed by atoms with Crippen LogP contribution in [-0.4, -0.2) is 27.7 Å². The highest BCUT2D eigenvalue weighted by Gasteiger charge is 2.24. The molecule has 0 aromatic carbocycles. The van der Waals surface area contributed by atoms with Crippen molar-refractivity contribution in [3.8, 4) is 0 Å². The molecular weight excluding hydrogens is 222 g/mol. The van der Waals surface area contributed by atoms with E-state index in [9.17, 15) is 0 Å². The molecular formula is C11H17N3OS. The number of thioether (sulfide) groups is 1. The Balaban J connectivity index is 1.62. The summed E-state index contributed by atoms with van der Waals surface area (Å²) < 4.78 is 5.33. The van der Waals surface area contributed by atoms with Crippen molar-refractivity contribution < 1.29 is 4.52 Å². The normalized spacial score (nSPS) is 30.0. The Hall–Kier alpha value is -0.550. The lowest BCUT2D eigenvalue weighted by molar-refractivity contribution is 0.341. The third-order valence-electron chi connectivity index (χ3n) is 3.28. The van der Waals surface area contributed by atoms with Gasteiger partial charge in [0.05, 0.1) is 6.04 Å². The lowest BCUT2D eigenvalue weighted by atomic mass is 10.2. The topological polar surface area (TPSA) is 51.0 Å². The molecule has 0 radical (unpaired) electrons. The monoisotopic (exact) mass is 239 g/mol. The van der Waals surface area contributed by atoms with E-state index in [1.807, 2.05) is 11.8 Å². The van der Waals surface area contributed by atoms with Crippen LogP contribution < -0.4 is 5.32 Å². The summed E-state index contributed by atoms with van der Waals surface area (Å²) in [5.41, 5.74) is 0. The first-order valence-electron chi connectivity index (χ1n) is 6.09. The zero-order valence-electron chi connectivity index (χ0n) is 9.32. The van der Waals surface area contributed by atoms with E-state index in [-0.39, 0.29) is 0 Å². The van der Waals surface area contributed by atoms with E-state index in [1.165, 1.54) is 25.0 Å². The molecule has 1 aromatic heterocycles. The van der Waals surface area contributed by atoms with Crippen LogP contribution in [0.25, 0.3) is 0 Å². The first kappa shape index (κ1) is 10.6. The number of rotatable bonds is 3. The van der Waals surface area contributed by atoms with E-state index in [0.717, 1.165) is 31.1 Å². The summed E-state index contributed by atoms with van der Waals surface area (Å²) in [4.78, 5) is 4.50. The summed E-state index contributed by atoms with van der Waals surface area (Å²) in [6, 6.07) is 0.303. The maximum absolute atomic E-state index is 5.33. The molecule has 2 unspecified atom stereocenters. The number of nitrogens with zero attached hydrogens (tertiary/aromatic N) is 2. The molecule has 3 rings (SSSR count). The maximum Gasteiger partial charge on any atom is 0.243 e. The smallest absolute Gasteiger partial charge is 0.243 e. The largest absolute Gasteiger partial charge is 0.338 e. The molecule has 88 valence electrons. The second-order valence-electron chi connectivity index (χ2n) is 4.54. The Morgan fingerprint density at radius 2 is 2.38 bits per heavy atom. The predicted molar refractivity (Wildman–Crippen MR) is 63.5 cm³/mol. The fourth-order valence-electron chi connectivity index (χ4n) is 2.40. The molecule has 2 atom stereocenters. The van der Waals surface area contributed by atoms with Gasteiger partial charge in [-0.1, -0.05) is 5.16 Å². The number of aromatic nitrogens is 2. The van der Waals surface area contributed by atoms with Gasteiger partial charge in [-0.15, -0.1) is 0 Å². The molecule has 4 nitrogen and oxygen atoms in total. The fourth-order valence-corrected chi connectivity index (χ4v) is 3.66. The van der Waals surface area contributed by atoms with Gasteiger partial charge >= 0.3 is 0 Å². The van der Waals surface area contributed by atoms with Crippen molar-refractivity contribution in [2.45, 2.75) is 43.4 Å². The number of nitrogens with one attached hydrogen (secondary N) is 1. The van der Waals surface area contributed by atoms with Gasteiger partial charge in [-0.2, -0.15) is 16.7 Å². The van der Waals surface area contributed by atoms with Crippen LogP contribution in [0.4, 0.5) is 0 Å². The van der Waals surface area contributed by atoms with E-state index in [2.05, 4.69) is 15.5 Å². The zero-order valence-corrected chi connectivity index (χ0v) is 10.1. The van der Waals surface area contributed by atoms with Crippen LogP contribution in [0.15, 0.2) is 4.52 Å². The van der Waals surface area contributed by atoms with Crippen LogP contribution in [0.2, 0.25) is 0 Å². The van der Waals surface area contributed by atoms with Crippen molar-refractivity contribution in [1.82, 2.24) is 15.5 Å². The molecule has 0 aliphatic carbocycles. The van der Waals surface area contributed by atoms with Gasteiger partial charge in [-0.3, -0.25) is 0 Å². The van der Waals surface area contributed by atoms with E-state index < -0.39 is 0 Å². The lowest BCUT2D eigenvalue weighted by Crippen LogP contribution is -2.13. The molecule has 3 heterocycles. The van der Waals surface area contributed by atoms with Crippen molar-refractivity contribution in [1.29, 1.82) is 0 Å². The van der Waals surface area contributed by atoms with Crippen molar-refractivity contribution >= 4 is 11.8 Å². The van der Waals surface area contributed by atoms with Gasteiger partial charge in [0, 0.05) is 11.7 Å². The van der Waals surface area contributed by atoms with E-state index in [0.29, 0.717) is 11.3 Å². The summed E-state index contributed by atoms with van der Waals surface area (Å²) in [5.74, 6) is 2.97. The predicted octanol–water partition coefficient (Wildman–Crippen LogP) is 1.93. The Morgan fingerprint density at radius 3 is 3.12 bits per heavy atom. The molecule has 1 aromatic rings. The van der Waals surface area contributed by atoms with E-state index in [1.54, 1.807) is 0 Å². The standard InChI is InChI=1S/C11H17N3OS/c1-4-9(12-5-1)11-13-10(14-15-11)7-8-3-2-6-16-8/h8-9,12H,1-7H2. The van der Waals surface area contributed by atoms with Crippen LogP contribution in [0, 0.1) is 0 Å². The SMILES string of the molecule is C1CSC(Cc2noc(C3CCCN3)n2)C1. The van der Waals surface area contributed by atoms with E-state index >= 15 is 0 Å². The highest BCUT2D eigenvalue weighted by molar-refractivity contribution is 8.00. The van der Waals surface area contributed by atoms with Gasteiger partial charge in [0.2, 0.25) is 5.89 Å². The average molecular weight is 239 g/mol. The average Bonchev–Trinajstić information content (AvgIpc) is 2.99. The van der Waals surface area contributed by atoms with Gasteiger partial charge in [-0.05, 0) is 38.0 Å². The molecule has 1 N–H and O–H groups in total. The third kappa shape index (κ3) is 2.25. The molecule has 0 spiro atoms. The van der Waals surface area contributed by atoms with Gasteiger partial charge in [-0.25, -0.2) is 0 Å². The van der Waals surface area contributed by atoms with Crippen LogP contribution in [0.1, 0.15) is 43.4 Å². The zero-order chi connectivity index (χ0) is 10.8. The quantitative estimate of drug-likeness (QED) is 0.873. The minimum Gasteiger partial charge on any atom is -0.338 e. The van der Waals surface area contributed by atoms with Crippen LogP contribution >= 0.6 is 11.8 Å². The van der Waals surface area contributed by atoms with E-state index in [4.69, 9.17) is 4.52 Å². The molecule has 5 heteroatoms. The number of hydrogen-bond acceptors (Lipinski definition) is 5. The first-order chi connectivity index (χ1) is 7.92. The molecule has 0 saturated carbocycles. The Labute approximate surface area is 99.6 Å². The molecule has 0 amide bonds. The number of hydrogen-bond donors (Lipinski definition) is 1. The molecule has 2 aliphatic heterocycles. The molecule has 2 fully saturated rings. The summed E-state index contributed by atoms with van der Waals surface area (Å²) in [7, 11) is 0. The third-order valence-corrected chi connectivity index (χ3v) is 4.67. The van der Waals surface area contributed by atoms with Crippen molar-refractivity contribution in [2.24, 2.45) is 0 Å². The summed E-state index contributed by atoms with van der Waals surface area (Å²) in [5, 5.41) is 8.17. The summed E-state index contributed by atoms with van der Waals surface area (Å²) in [6.45, 7) is 1.07. The van der Waals surface area contributed by atoms with Gasteiger partial charge < -0.3 is 9.84 Å². The Morgan fingerprint density at radius 1 is 1.38 bits per heavy atom. The fraction of sp³-hybridized carbons (Fsp3) is 0.818. The van der Waals surface area contributed by atoms with Crippen molar-refractivity contribution in [2.75, 3.05) is 12.3 Å². The molecule has 0 bridgehead atoms. The highest BCUT2D eigenvalue weighted by atomic mass is 32.2. The van der Waals surface area contributed by atoms with Crippen LogP contribution in [0.5, 0.6) is 0 Å². The minimum atomic E-state index is 0.303. The Bertz CT molecular complexity index is 343. The summed E-state index contributed by atoms with van der Waals surface area (Å²) >= 11 is 2.04. The van der Waals surface area contributed by atoms with Crippen molar-refractivity contribution in [3.63, 3.8) is 0 Å². The molecule has 16 heavy (non-hydrogen) atoms. The van der Waals surface area contributed by atoms with Crippen LogP contribution in [-0.2, 0) is 6.42 Å². The van der Waals surface area contributed by atoms with Crippen LogP contribution in [0.3, 0.4) is 0 Å². The van der Waals surface area contributed by atoms with Gasteiger partial charge in [0.15, 0.2) is 5.82 Å². The highest BCUT2D eigenvalue weighted by Crippen LogP contribution is 2.29. The summed E-state index contributed by atoms with van der Waals surface area (Å²) in [6.07, 6.45) is 5.95. The lowest BCUT2D eigenvalue weighted by Gasteiger charge is -2.03. The first-order valence-corrected chi connectivity index (χ1v) is 7.14. The van der Waals surface area contributed by atoms with Gasteiger partial charge in [0.25, 0.3) is 0 Å².